The molecule has 0 aliphatic carbocycles. The zero-order valence-electron chi connectivity index (χ0n) is 10.2. The van der Waals surface area contributed by atoms with E-state index in [0.29, 0.717) is 0 Å². The van der Waals surface area contributed by atoms with Crippen LogP contribution in [0.4, 0.5) is 13.2 Å². The van der Waals surface area contributed by atoms with Crippen molar-refractivity contribution in [2.75, 3.05) is 26.2 Å². The van der Waals surface area contributed by atoms with E-state index < -0.39 is 18.8 Å². The molecule has 0 radical (unpaired) electrons. The number of carbonyl (C=O) groups excluding carboxylic acids is 1. The van der Waals surface area contributed by atoms with Gasteiger partial charge in [0.1, 0.15) is 11.5 Å². The molecule has 0 aliphatic heterocycles. The number of Topliss-reactive ketones (excluding diaryl/α,β-unsaturated/α-hetero) is 1. The molecule has 0 saturated heterocycles. The van der Waals surface area contributed by atoms with Crippen LogP contribution in [0.25, 0.3) is 0 Å². The quantitative estimate of drug-likeness (QED) is 0.728. The van der Waals surface area contributed by atoms with E-state index in [1.54, 1.807) is 0 Å². The van der Waals surface area contributed by atoms with E-state index in [2.05, 4.69) is 4.98 Å². The van der Waals surface area contributed by atoms with Crippen molar-refractivity contribution >= 4 is 5.78 Å². The predicted octanol–water partition coefficient (Wildman–Crippen LogP) is 1.35. The van der Waals surface area contributed by atoms with Crippen LogP contribution in [0.2, 0.25) is 0 Å². The smallest absolute Gasteiger partial charge is 0.251 e. The molecule has 19 heavy (non-hydrogen) atoms. The standard InChI is InChI=1S/C12H15F3N2O2/c13-9-1-2-10(16-7-9)11(19)3-4-17(5-6-18)8-12(14)15/h1-2,7,12,18H,3-6,8H2. The molecule has 106 valence electrons. The molecule has 1 aromatic rings. The average Bonchev–Trinajstić information content (AvgIpc) is 2.36. The molecule has 1 N–H and O–H groups in total. The summed E-state index contributed by atoms with van der Waals surface area (Å²) in [4.78, 5) is 16.6. The summed E-state index contributed by atoms with van der Waals surface area (Å²) in [5.74, 6) is -0.895. The lowest BCUT2D eigenvalue weighted by molar-refractivity contribution is 0.0731. The number of hydrogen-bond donors (Lipinski definition) is 1. The molecule has 0 atom stereocenters. The summed E-state index contributed by atoms with van der Waals surface area (Å²) in [6.07, 6.45) is -1.60. The average molecular weight is 276 g/mol. The summed E-state index contributed by atoms with van der Waals surface area (Å²) in [7, 11) is 0. The molecule has 0 saturated carbocycles. The summed E-state index contributed by atoms with van der Waals surface area (Å²) >= 11 is 0. The van der Waals surface area contributed by atoms with Crippen LogP contribution in [0.15, 0.2) is 18.3 Å². The van der Waals surface area contributed by atoms with Gasteiger partial charge in [0.2, 0.25) is 0 Å². The van der Waals surface area contributed by atoms with Gasteiger partial charge in [-0.15, -0.1) is 0 Å². The minimum atomic E-state index is -2.52. The Hall–Kier alpha value is -1.47. The number of aliphatic hydroxyl groups excluding tert-OH is 1. The van der Waals surface area contributed by atoms with Gasteiger partial charge in [0.15, 0.2) is 5.78 Å². The molecular weight excluding hydrogens is 261 g/mol. The van der Waals surface area contributed by atoms with Crippen LogP contribution in [0.3, 0.4) is 0 Å². The third-order valence-corrected chi connectivity index (χ3v) is 2.48. The first-order valence-electron chi connectivity index (χ1n) is 5.79. The van der Waals surface area contributed by atoms with Crippen LogP contribution in [0.1, 0.15) is 16.9 Å². The fourth-order valence-electron chi connectivity index (χ4n) is 1.56. The number of halogens is 3. The number of ketones is 1. The van der Waals surface area contributed by atoms with E-state index in [1.807, 2.05) is 0 Å². The maximum atomic E-state index is 12.6. The van der Waals surface area contributed by atoms with Crippen molar-refractivity contribution in [1.82, 2.24) is 9.88 Å². The Morgan fingerprint density at radius 3 is 2.63 bits per heavy atom. The van der Waals surface area contributed by atoms with Gasteiger partial charge in [-0.25, -0.2) is 13.2 Å². The van der Waals surface area contributed by atoms with Gasteiger partial charge in [0, 0.05) is 19.5 Å². The van der Waals surface area contributed by atoms with Gasteiger partial charge in [-0.2, -0.15) is 0 Å². The Morgan fingerprint density at radius 2 is 2.11 bits per heavy atom. The third kappa shape index (κ3) is 5.80. The fourth-order valence-corrected chi connectivity index (χ4v) is 1.56. The van der Waals surface area contributed by atoms with Crippen molar-refractivity contribution in [3.63, 3.8) is 0 Å². The lowest BCUT2D eigenvalue weighted by atomic mass is 10.2. The van der Waals surface area contributed by atoms with E-state index in [-0.39, 0.29) is 37.6 Å². The molecular formula is C12H15F3N2O2. The number of carbonyl (C=O) groups is 1. The Morgan fingerprint density at radius 1 is 1.37 bits per heavy atom. The molecule has 7 heteroatoms. The molecule has 1 rings (SSSR count). The van der Waals surface area contributed by atoms with Crippen molar-refractivity contribution in [3.8, 4) is 0 Å². The van der Waals surface area contributed by atoms with Crippen molar-refractivity contribution in [2.24, 2.45) is 0 Å². The third-order valence-electron chi connectivity index (χ3n) is 2.48. The highest BCUT2D eigenvalue weighted by atomic mass is 19.3. The summed E-state index contributed by atoms with van der Waals surface area (Å²) in [5, 5.41) is 8.74. The molecule has 0 aliphatic rings. The number of aliphatic hydroxyl groups is 1. The van der Waals surface area contributed by atoms with Crippen LogP contribution in [0, 0.1) is 5.82 Å². The molecule has 0 fully saturated rings. The van der Waals surface area contributed by atoms with E-state index in [9.17, 15) is 18.0 Å². The first-order chi connectivity index (χ1) is 9.02. The van der Waals surface area contributed by atoms with Crippen molar-refractivity contribution in [2.45, 2.75) is 12.8 Å². The second-order valence-electron chi connectivity index (χ2n) is 3.95. The number of hydrogen-bond acceptors (Lipinski definition) is 4. The van der Waals surface area contributed by atoms with Gasteiger partial charge >= 0.3 is 0 Å². The molecule has 0 unspecified atom stereocenters. The molecule has 1 heterocycles. The summed E-state index contributed by atoms with van der Waals surface area (Å²) in [6, 6.07) is 2.37. The Balaban J connectivity index is 2.49. The van der Waals surface area contributed by atoms with E-state index >= 15 is 0 Å². The van der Waals surface area contributed by atoms with E-state index in [1.165, 1.54) is 11.0 Å². The maximum Gasteiger partial charge on any atom is 0.251 e. The fraction of sp³-hybridized carbons (Fsp3) is 0.500. The Kier molecular flexibility index (Phi) is 6.44. The van der Waals surface area contributed by atoms with Gasteiger partial charge in [0.05, 0.1) is 19.3 Å². The minimum absolute atomic E-state index is 0.00858. The Bertz CT molecular complexity index is 398. The molecule has 0 amide bonds. The summed E-state index contributed by atoms with van der Waals surface area (Å²) in [6.45, 7) is -0.572. The zero-order chi connectivity index (χ0) is 14.3. The van der Waals surface area contributed by atoms with Crippen LogP contribution < -0.4 is 0 Å². The maximum absolute atomic E-state index is 12.6. The van der Waals surface area contributed by atoms with Crippen LogP contribution in [-0.2, 0) is 0 Å². The first kappa shape index (κ1) is 15.6. The second kappa shape index (κ2) is 7.85. The number of nitrogens with zero attached hydrogens (tertiary/aromatic N) is 2. The number of alkyl halides is 2. The van der Waals surface area contributed by atoms with Crippen LogP contribution in [-0.4, -0.2) is 53.4 Å². The first-order valence-corrected chi connectivity index (χ1v) is 5.79. The van der Waals surface area contributed by atoms with Gasteiger partial charge in [0.25, 0.3) is 6.43 Å². The highest BCUT2D eigenvalue weighted by molar-refractivity contribution is 5.94. The summed E-state index contributed by atoms with van der Waals surface area (Å²) < 4.78 is 37.1. The molecule has 0 aromatic carbocycles. The normalized spacial score (nSPS) is 11.3. The van der Waals surface area contributed by atoms with E-state index in [4.69, 9.17) is 5.11 Å². The SMILES string of the molecule is O=C(CCN(CCO)CC(F)F)c1ccc(F)cn1. The highest BCUT2D eigenvalue weighted by Gasteiger charge is 2.14. The van der Waals surface area contributed by atoms with Gasteiger partial charge in [-0.1, -0.05) is 0 Å². The summed E-state index contributed by atoms with van der Waals surface area (Å²) in [5.41, 5.74) is 0.0994. The largest absolute Gasteiger partial charge is 0.395 e. The predicted molar refractivity (Wildman–Crippen MR) is 62.7 cm³/mol. The van der Waals surface area contributed by atoms with E-state index in [0.717, 1.165) is 12.3 Å². The van der Waals surface area contributed by atoms with Crippen LogP contribution in [0.5, 0.6) is 0 Å². The lowest BCUT2D eigenvalue weighted by Gasteiger charge is -2.20. The molecule has 0 spiro atoms. The van der Waals surface area contributed by atoms with Crippen molar-refractivity contribution < 1.29 is 23.1 Å². The lowest BCUT2D eigenvalue weighted by Crippen LogP contribution is -2.33. The monoisotopic (exact) mass is 276 g/mol. The highest BCUT2D eigenvalue weighted by Crippen LogP contribution is 2.05. The molecule has 0 bridgehead atoms. The van der Waals surface area contributed by atoms with Crippen molar-refractivity contribution in [1.29, 1.82) is 0 Å². The zero-order valence-corrected chi connectivity index (χ0v) is 10.2. The Labute approximate surface area is 108 Å². The molecule has 1 aromatic heterocycles. The number of aromatic nitrogens is 1. The molecule has 4 nitrogen and oxygen atoms in total. The van der Waals surface area contributed by atoms with Crippen LogP contribution >= 0.6 is 0 Å². The second-order valence-corrected chi connectivity index (χ2v) is 3.95. The van der Waals surface area contributed by atoms with Gasteiger partial charge in [-0.3, -0.25) is 14.7 Å². The van der Waals surface area contributed by atoms with Crippen molar-refractivity contribution in [3.05, 3.63) is 29.8 Å². The van der Waals surface area contributed by atoms with Gasteiger partial charge < -0.3 is 5.11 Å². The van der Waals surface area contributed by atoms with Gasteiger partial charge in [-0.05, 0) is 12.1 Å². The number of pyridine rings is 1. The minimum Gasteiger partial charge on any atom is -0.395 e. The number of rotatable bonds is 8. The topological polar surface area (TPSA) is 53.4 Å².